The van der Waals surface area contributed by atoms with Gasteiger partial charge in [-0.15, -0.1) is 0 Å². The number of ether oxygens (including phenoxy) is 2. The van der Waals surface area contributed by atoms with E-state index in [1.807, 2.05) is 30.3 Å². The molecule has 2 saturated heterocycles. The van der Waals surface area contributed by atoms with E-state index in [1.165, 1.54) is 10.0 Å². The summed E-state index contributed by atoms with van der Waals surface area (Å²) in [6, 6.07) is 7.13. The molecule has 1 N–H and O–H groups in total. The van der Waals surface area contributed by atoms with Crippen LogP contribution in [0, 0.1) is 0 Å². The first kappa shape index (κ1) is 25.7. The summed E-state index contributed by atoms with van der Waals surface area (Å²) >= 11 is 0. The van der Waals surface area contributed by atoms with Crippen molar-refractivity contribution in [3.63, 3.8) is 0 Å². The van der Waals surface area contributed by atoms with Crippen molar-refractivity contribution in [2.45, 2.75) is 83.5 Å². The number of hydrazine groups is 1. The van der Waals surface area contributed by atoms with E-state index < -0.39 is 41.6 Å². The van der Waals surface area contributed by atoms with Crippen LogP contribution < -0.4 is 5.32 Å². The van der Waals surface area contributed by atoms with Crippen LogP contribution >= 0.6 is 0 Å². The first-order chi connectivity index (χ1) is 16.1. The summed E-state index contributed by atoms with van der Waals surface area (Å²) in [5, 5.41) is 5.65. The van der Waals surface area contributed by atoms with Crippen molar-refractivity contribution >= 4 is 23.8 Å². The van der Waals surface area contributed by atoms with Gasteiger partial charge in [0.2, 0.25) is 5.91 Å². The van der Waals surface area contributed by atoms with E-state index in [1.54, 1.807) is 27.7 Å². The zero-order chi connectivity index (χ0) is 24.9. The lowest BCUT2D eigenvalue weighted by Gasteiger charge is -2.48. The molecule has 3 rings (SSSR count). The summed E-state index contributed by atoms with van der Waals surface area (Å²) in [6.45, 7) is 7.58. The van der Waals surface area contributed by atoms with Gasteiger partial charge in [0.15, 0.2) is 6.04 Å². The molecule has 0 radical (unpaired) electrons. The molecule has 9 nitrogen and oxygen atoms in total. The lowest BCUT2D eigenvalue weighted by atomic mass is 9.99. The van der Waals surface area contributed by atoms with Crippen LogP contribution in [0.3, 0.4) is 0 Å². The third-order valence-corrected chi connectivity index (χ3v) is 5.81. The van der Waals surface area contributed by atoms with Gasteiger partial charge >= 0.3 is 11.9 Å². The Labute approximate surface area is 200 Å². The molecule has 3 atom stereocenters. The maximum absolute atomic E-state index is 13.5. The molecule has 0 bridgehead atoms. The molecule has 0 spiro atoms. The van der Waals surface area contributed by atoms with Crippen molar-refractivity contribution in [1.29, 1.82) is 0 Å². The van der Waals surface area contributed by atoms with Crippen LogP contribution in [0.15, 0.2) is 30.3 Å². The van der Waals surface area contributed by atoms with E-state index in [-0.39, 0.29) is 18.9 Å². The number of carbonyl (C=O) groups is 4. The van der Waals surface area contributed by atoms with E-state index in [9.17, 15) is 19.2 Å². The molecule has 2 aliphatic heterocycles. The van der Waals surface area contributed by atoms with Crippen LogP contribution in [0.25, 0.3) is 0 Å². The normalized spacial score (nSPS) is 21.6. The summed E-state index contributed by atoms with van der Waals surface area (Å²) in [5.41, 5.74) is 0.337. The maximum Gasteiger partial charge on any atom is 0.331 e. The van der Waals surface area contributed by atoms with E-state index in [2.05, 4.69) is 5.32 Å². The largest absolute Gasteiger partial charge is 0.465 e. The minimum absolute atomic E-state index is 0.0857. The van der Waals surface area contributed by atoms with Crippen molar-refractivity contribution in [3.8, 4) is 0 Å². The standard InChI is InChI=1S/C25H35N3O6/c1-5-33-23(31)18(14-13-17-10-7-6-8-11-17)26-19-16-21(29)27-15-9-12-20(28(27)22(19)30)24(32)34-25(2,3)4/h6-8,10-11,18-20,26H,5,9,12-16H2,1-4H3. The third kappa shape index (κ3) is 6.34. The summed E-state index contributed by atoms with van der Waals surface area (Å²) in [4.78, 5) is 51.9. The molecule has 3 unspecified atom stereocenters. The monoisotopic (exact) mass is 473 g/mol. The third-order valence-electron chi connectivity index (χ3n) is 5.81. The summed E-state index contributed by atoms with van der Waals surface area (Å²) in [6.07, 6.45) is 1.92. The average molecular weight is 474 g/mol. The van der Waals surface area contributed by atoms with E-state index >= 15 is 0 Å². The summed E-state index contributed by atoms with van der Waals surface area (Å²) < 4.78 is 10.7. The van der Waals surface area contributed by atoms with Crippen LogP contribution in [0.5, 0.6) is 0 Å². The number of nitrogens with one attached hydrogen (secondary N) is 1. The molecule has 2 aliphatic rings. The van der Waals surface area contributed by atoms with Gasteiger partial charge < -0.3 is 9.47 Å². The van der Waals surface area contributed by atoms with Gasteiger partial charge in [0.25, 0.3) is 5.91 Å². The number of fused-ring (bicyclic) bond motifs is 1. The smallest absolute Gasteiger partial charge is 0.331 e. The van der Waals surface area contributed by atoms with Crippen molar-refractivity contribution in [3.05, 3.63) is 35.9 Å². The Balaban J connectivity index is 1.77. The Morgan fingerprint density at radius 3 is 2.53 bits per heavy atom. The number of carbonyl (C=O) groups excluding carboxylic acids is 4. The zero-order valence-corrected chi connectivity index (χ0v) is 20.4. The lowest BCUT2D eigenvalue weighted by molar-refractivity contribution is -0.196. The molecule has 0 saturated carbocycles. The molecule has 1 aromatic carbocycles. The molecule has 2 heterocycles. The topological polar surface area (TPSA) is 105 Å². The van der Waals surface area contributed by atoms with Crippen molar-refractivity contribution in [2.75, 3.05) is 13.2 Å². The van der Waals surface area contributed by atoms with Gasteiger partial charge in [-0.25, -0.2) is 9.80 Å². The quantitative estimate of drug-likeness (QED) is 0.576. The molecule has 186 valence electrons. The Morgan fingerprint density at radius 1 is 1.18 bits per heavy atom. The van der Waals surface area contributed by atoms with Gasteiger partial charge in [-0.2, -0.15) is 0 Å². The van der Waals surface area contributed by atoms with E-state index in [0.717, 1.165) is 5.56 Å². The van der Waals surface area contributed by atoms with Gasteiger partial charge in [-0.05, 0) is 58.9 Å². The van der Waals surface area contributed by atoms with E-state index in [0.29, 0.717) is 32.2 Å². The molecule has 34 heavy (non-hydrogen) atoms. The fourth-order valence-corrected chi connectivity index (χ4v) is 4.31. The SMILES string of the molecule is CCOC(=O)C(CCc1ccccc1)NC1CC(=O)N2CCCC(C(=O)OC(C)(C)C)N2C1=O. The molecule has 0 aliphatic carbocycles. The second-order valence-electron chi connectivity index (χ2n) is 9.64. The predicted molar refractivity (Wildman–Crippen MR) is 124 cm³/mol. The molecular weight excluding hydrogens is 438 g/mol. The molecule has 9 heteroatoms. The average Bonchev–Trinajstić information content (AvgIpc) is 2.79. The second-order valence-corrected chi connectivity index (χ2v) is 9.64. The van der Waals surface area contributed by atoms with Crippen LogP contribution in [0.2, 0.25) is 0 Å². The lowest BCUT2D eigenvalue weighted by Crippen LogP contribution is -2.69. The highest BCUT2D eigenvalue weighted by Crippen LogP contribution is 2.27. The van der Waals surface area contributed by atoms with Crippen molar-refractivity contribution < 1.29 is 28.7 Å². The first-order valence-corrected chi connectivity index (χ1v) is 11.9. The number of hydrogen-bond acceptors (Lipinski definition) is 7. The van der Waals surface area contributed by atoms with Gasteiger partial charge in [0.1, 0.15) is 11.6 Å². The number of nitrogens with zero attached hydrogens (tertiary/aromatic N) is 2. The fraction of sp³-hybridized carbons (Fsp3) is 0.600. The van der Waals surface area contributed by atoms with Gasteiger partial charge in [0.05, 0.1) is 19.1 Å². The molecular formula is C25H35N3O6. The molecule has 0 aromatic heterocycles. The first-order valence-electron chi connectivity index (χ1n) is 11.9. The van der Waals surface area contributed by atoms with Gasteiger partial charge in [-0.1, -0.05) is 30.3 Å². The number of benzene rings is 1. The number of amides is 2. The summed E-state index contributed by atoms with van der Waals surface area (Å²) in [5.74, 6) is -1.69. The minimum atomic E-state index is -0.933. The fourth-order valence-electron chi connectivity index (χ4n) is 4.31. The highest BCUT2D eigenvalue weighted by atomic mass is 16.6. The second kappa shape index (κ2) is 11.0. The number of rotatable bonds is 8. The number of aryl methyl sites for hydroxylation is 1. The maximum atomic E-state index is 13.5. The van der Waals surface area contributed by atoms with Crippen molar-refractivity contribution in [1.82, 2.24) is 15.3 Å². The van der Waals surface area contributed by atoms with E-state index in [4.69, 9.17) is 9.47 Å². The number of hydrogen-bond donors (Lipinski definition) is 1. The van der Waals surface area contributed by atoms with Gasteiger partial charge in [0, 0.05) is 6.54 Å². The summed E-state index contributed by atoms with van der Waals surface area (Å²) in [7, 11) is 0. The Bertz CT molecular complexity index is 898. The predicted octanol–water partition coefficient (Wildman–Crippen LogP) is 1.99. The zero-order valence-electron chi connectivity index (χ0n) is 20.4. The van der Waals surface area contributed by atoms with Gasteiger partial charge in [-0.3, -0.25) is 24.7 Å². The Hall–Kier alpha value is -2.94. The van der Waals surface area contributed by atoms with Crippen LogP contribution in [0.4, 0.5) is 0 Å². The Morgan fingerprint density at radius 2 is 1.88 bits per heavy atom. The van der Waals surface area contributed by atoms with Crippen LogP contribution in [-0.4, -0.2) is 70.6 Å². The molecule has 2 fully saturated rings. The molecule has 2 amide bonds. The highest BCUT2D eigenvalue weighted by molar-refractivity contribution is 5.96. The number of esters is 2. The minimum Gasteiger partial charge on any atom is -0.465 e. The van der Waals surface area contributed by atoms with Crippen molar-refractivity contribution in [2.24, 2.45) is 0 Å². The highest BCUT2D eigenvalue weighted by Gasteiger charge is 2.48. The van der Waals surface area contributed by atoms with Crippen LogP contribution in [0.1, 0.15) is 58.9 Å². The van der Waals surface area contributed by atoms with Crippen LogP contribution in [-0.2, 0) is 35.1 Å². The molecule has 1 aromatic rings. The Kier molecular flexibility index (Phi) is 8.30.